The molecule has 0 saturated heterocycles. The van der Waals surface area contributed by atoms with Crippen molar-refractivity contribution >= 4 is 44.8 Å². The second-order valence-electron chi connectivity index (χ2n) is 7.16. The summed E-state index contributed by atoms with van der Waals surface area (Å²) in [6.45, 7) is 1.97. The van der Waals surface area contributed by atoms with Gasteiger partial charge in [0, 0.05) is 13.6 Å². The van der Waals surface area contributed by atoms with Gasteiger partial charge in [-0.05, 0) is 42.8 Å². The molecule has 3 aromatic rings. The average molecular weight is 477 g/mol. The third-order valence-corrected chi connectivity index (χ3v) is 7.29. The number of aryl methyl sites for hydroxylation is 1. The first-order valence-corrected chi connectivity index (χ1v) is 11.7. The lowest BCUT2D eigenvalue weighted by atomic mass is 10.1. The molecule has 0 aliphatic carbocycles. The van der Waals surface area contributed by atoms with E-state index in [0.717, 1.165) is 15.4 Å². The van der Waals surface area contributed by atoms with E-state index in [1.807, 2.05) is 31.2 Å². The summed E-state index contributed by atoms with van der Waals surface area (Å²) >= 11 is 12.1. The van der Waals surface area contributed by atoms with Crippen molar-refractivity contribution < 1.29 is 13.2 Å². The van der Waals surface area contributed by atoms with Crippen LogP contribution in [0.1, 0.15) is 11.1 Å². The van der Waals surface area contributed by atoms with Gasteiger partial charge in [0.05, 0.1) is 20.6 Å². The smallest absolute Gasteiger partial charge is 0.264 e. The van der Waals surface area contributed by atoms with Gasteiger partial charge in [-0.25, -0.2) is 8.42 Å². The standard InChI is InChI=1S/C23H22Cl2N2O3S/c1-17-8-10-18(11-9-17)15-26(2)23(28)16-27(19-12-13-21(24)22(25)14-19)31(29,30)20-6-4-3-5-7-20/h3-14H,15-16H2,1-2H3. The first kappa shape index (κ1) is 23.1. The highest BCUT2D eigenvalue weighted by Gasteiger charge is 2.28. The number of benzene rings is 3. The zero-order valence-corrected chi connectivity index (χ0v) is 19.5. The minimum absolute atomic E-state index is 0.0788. The number of rotatable bonds is 7. The predicted molar refractivity (Wildman–Crippen MR) is 125 cm³/mol. The Morgan fingerprint density at radius 1 is 0.903 bits per heavy atom. The van der Waals surface area contributed by atoms with Crippen LogP contribution >= 0.6 is 23.2 Å². The van der Waals surface area contributed by atoms with E-state index < -0.39 is 10.0 Å². The molecule has 0 N–H and O–H groups in total. The summed E-state index contributed by atoms with van der Waals surface area (Å²) in [6.07, 6.45) is 0. The van der Waals surface area contributed by atoms with Gasteiger partial charge >= 0.3 is 0 Å². The van der Waals surface area contributed by atoms with Crippen molar-refractivity contribution in [3.8, 4) is 0 Å². The van der Waals surface area contributed by atoms with Gasteiger partial charge in [0.1, 0.15) is 6.54 Å². The fourth-order valence-corrected chi connectivity index (χ4v) is 4.69. The molecule has 1 amide bonds. The van der Waals surface area contributed by atoms with Crippen molar-refractivity contribution in [1.29, 1.82) is 0 Å². The number of hydrogen-bond acceptors (Lipinski definition) is 3. The zero-order chi connectivity index (χ0) is 22.6. The van der Waals surface area contributed by atoms with Crippen LogP contribution in [0.5, 0.6) is 0 Å². The van der Waals surface area contributed by atoms with Gasteiger partial charge in [-0.1, -0.05) is 71.2 Å². The fraction of sp³-hybridized carbons (Fsp3) is 0.174. The summed E-state index contributed by atoms with van der Waals surface area (Å²) in [4.78, 5) is 14.6. The molecule has 31 heavy (non-hydrogen) atoms. The van der Waals surface area contributed by atoms with E-state index in [9.17, 15) is 13.2 Å². The maximum atomic E-state index is 13.4. The van der Waals surface area contributed by atoms with Gasteiger partial charge in [-0.2, -0.15) is 0 Å². The van der Waals surface area contributed by atoms with E-state index in [1.165, 1.54) is 35.2 Å². The van der Waals surface area contributed by atoms with Crippen LogP contribution in [0, 0.1) is 6.92 Å². The number of sulfonamides is 1. The minimum atomic E-state index is -4.01. The highest BCUT2D eigenvalue weighted by atomic mass is 35.5. The monoisotopic (exact) mass is 476 g/mol. The predicted octanol–water partition coefficient (Wildman–Crippen LogP) is 5.16. The topological polar surface area (TPSA) is 57.7 Å². The van der Waals surface area contributed by atoms with Gasteiger partial charge in [-0.3, -0.25) is 9.10 Å². The number of hydrogen-bond donors (Lipinski definition) is 0. The van der Waals surface area contributed by atoms with Crippen LogP contribution in [0.15, 0.2) is 77.7 Å². The van der Waals surface area contributed by atoms with Crippen LogP contribution in [0.2, 0.25) is 10.0 Å². The Hall–Kier alpha value is -2.54. The maximum Gasteiger partial charge on any atom is 0.264 e. The third kappa shape index (κ3) is 5.58. The molecule has 0 saturated carbocycles. The molecule has 5 nitrogen and oxygen atoms in total. The number of nitrogens with zero attached hydrogens (tertiary/aromatic N) is 2. The van der Waals surface area contributed by atoms with E-state index in [-0.39, 0.29) is 28.1 Å². The second-order valence-corrected chi connectivity index (χ2v) is 9.84. The van der Waals surface area contributed by atoms with Crippen LogP contribution < -0.4 is 4.31 Å². The molecule has 3 rings (SSSR count). The number of carbonyl (C=O) groups excluding carboxylic acids is 1. The first-order valence-electron chi connectivity index (χ1n) is 9.51. The summed E-state index contributed by atoms with van der Waals surface area (Å²) in [7, 11) is -2.36. The Bertz CT molecular complexity index is 1170. The highest BCUT2D eigenvalue weighted by molar-refractivity contribution is 7.92. The Labute approximate surface area is 192 Å². The van der Waals surface area contributed by atoms with Gasteiger partial charge in [0.25, 0.3) is 10.0 Å². The molecule has 162 valence electrons. The summed E-state index contributed by atoms with van der Waals surface area (Å²) in [5, 5.41) is 0.498. The number of halogens is 2. The van der Waals surface area contributed by atoms with Gasteiger partial charge < -0.3 is 4.90 Å². The average Bonchev–Trinajstić information content (AvgIpc) is 2.76. The van der Waals surface area contributed by atoms with Crippen molar-refractivity contribution in [3.05, 3.63) is 94.0 Å². The third-order valence-electron chi connectivity index (χ3n) is 4.77. The number of anilines is 1. The largest absolute Gasteiger partial charge is 0.340 e. The summed E-state index contributed by atoms with van der Waals surface area (Å²) < 4.78 is 27.8. The first-order chi connectivity index (χ1) is 14.7. The molecule has 0 radical (unpaired) electrons. The van der Waals surface area contributed by atoms with Crippen LogP contribution in [-0.2, 0) is 21.4 Å². The van der Waals surface area contributed by atoms with Gasteiger partial charge in [-0.15, -0.1) is 0 Å². The van der Waals surface area contributed by atoms with E-state index in [0.29, 0.717) is 11.6 Å². The molecule has 0 unspecified atom stereocenters. The molecule has 8 heteroatoms. The highest BCUT2D eigenvalue weighted by Crippen LogP contribution is 2.30. The maximum absolute atomic E-state index is 13.4. The van der Waals surface area contributed by atoms with Crippen molar-refractivity contribution in [2.24, 2.45) is 0 Å². The van der Waals surface area contributed by atoms with Crippen LogP contribution in [-0.4, -0.2) is 32.8 Å². The minimum Gasteiger partial charge on any atom is -0.340 e. The Morgan fingerprint density at radius 2 is 1.55 bits per heavy atom. The molecule has 0 aromatic heterocycles. The van der Waals surface area contributed by atoms with E-state index in [1.54, 1.807) is 25.2 Å². The Kier molecular flexibility index (Phi) is 7.26. The van der Waals surface area contributed by atoms with Crippen molar-refractivity contribution in [2.45, 2.75) is 18.4 Å². The molecule has 0 fully saturated rings. The number of likely N-dealkylation sites (N-methyl/N-ethyl adjacent to an activating group) is 1. The lowest BCUT2D eigenvalue weighted by Gasteiger charge is -2.27. The Morgan fingerprint density at radius 3 is 2.16 bits per heavy atom. The van der Waals surface area contributed by atoms with Crippen LogP contribution in [0.25, 0.3) is 0 Å². The van der Waals surface area contributed by atoms with E-state index in [4.69, 9.17) is 23.2 Å². The Balaban J connectivity index is 1.91. The molecular formula is C23H22Cl2N2O3S. The lowest BCUT2D eigenvalue weighted by molar-refractivity contribution is -0.128. The zero-order valence-electron chi connectivity index (χ0n) is 17.1. The molecule has 0 aliphatic rings. The van der Waals surface area contributed by atoms with Crippen LogP contribution in [0.3, 0.4) is 0 Å². The summed E-state index contributed by atoms with van der Waals surface area (Å²) in [5.41, 5.74) is 2.33. The van der Waals surface area contributed by atoms with Crippen LogP contribution in [0.4, 0.5) is 5.69 Å². The summed E-state index contributed by atoms with van der Waals surface area (Å²) in [5.74, 6) is -0.355. The molecular weight excluding hydrogens is 455 g/mol. The molecule has 0 aliphatic heterocycles. The summed E-state index contributed by atoms with van der Waals surface area (Å²) in [6, 6.07) is 20.3. The number of carbonyl (C=O) groups is 1. The molecule has 0 spiro atoms. The quantitative estimate of drug-likeness (QED) is 0.473. The molecule has 0 heterocycles. The number of amides is 1. The molecule has 0 atom stereocenters. The van der Waals surface area contributed by atoms with Gasteiger partial charge in [0.2, 0.25) is 5.91 Å². The second kappa shape index (κ2) is 9.73. The van der Waals surface area contributed by atoms with Crippen molar-refractivity contribution in [3.63, 3.8) is 0 Å². The molecule has 3 aromatic carbocycles. The lowest BCUT2D eigenvalue weighted by Crippen LogP contribution is -2.41. The SMILES string of the molecule is Cc1ccc(CN(C)C(=O)CN(c2ccc(Cl)c(Cl)c2)S(=O)(=O)c2ccccc2)cc1. The molecule has 0 bridgehead atoms. The van der Waals surface area contributed by atoms with Crippen molar-refractivity contribution in [2.75, 3.05) is 17.9 Å². The van der Waals surface area contributed by atoms with E-state index in [2.05, 4.69) is 0 Å². The van der Waals surface area contributed by atoms with Crippen molar-refractivity contribution in [1.82, 2.24) is 4.90 Å². The van der Waals surface area contributed by atoms with Gasteiger partial charge in [0.15, 0.2) is 0 Å². The van der Waals surface area contributed by atoms with E-state index >= 15 is 0 Å². The fourth-order valence-electron chi connectivity index (χ4n) is 2.97. The normalized spacial score (nSPS) is 11.2.